The van der Waals surface area contributed by atoms with Gasteiger partial charge in [-0.05, 0) is 12.3 Å². The summed E-state index contributed by atoms with van der Waals surface area (Å²) in [7, 11) is 0. The fourth-order valence-electron chi connectivity index (χ4n) is 1.45. The van der Waals surface area contributed by atoms with Gasteiger partial charge in [-0.3, -0.25) is 9.80 Å². The van der Waals surface area contributed by atoms with E-state index in [1.165, 1.54) is 5.01 Å². The van der Waals surface area contributed by atoms with E-state index in [0.717, 1.165) is 6.29 Å². The second kappa shape index (κ2) is 3.35. The van der Waals surface area contributed by atoms with Crippen LogP contribution in [0.5, 0.6) is 0 Å². The Morgan fingerprint density at radius 3 is 2.50 bits per heavy atom. The van der Waals surface area contributed by atoms with Crippen molar-refractivity contribution in [2.45, 2.75) is 39.7 Å². The van der Waals surface area contributed by atoms with E-state index in [-0.39, 0.29) is 23.4 Å². The van der Waals surface area contributed by atoms with Gasteiger partial charge in [0.1, 0.15) is 6.29 Å². The summed E-state index contributed by atoms with van der Waals surface area (Å²) < 4.78 is 0. The molecule has 14 heavy (non-hydrogen) atoms. The quantitative estimate of drug-likeness (QED) is 0.665. The Labute approximate surface area is 84.6 Å². The van der Waals surface area contributed by atoms with Crippen LogP contribution in [-0.4, -0.2) is 29.3 Å². The van der Waals surface area contributed by atoms with Crippen LogP contribution in [0.3, 0.4) is 0 Å². The zero-order valence-corrected chi connectivity index (χ0v) is 9.26. The lowest BCUT2D eigenvalue weighted by Crippen LogP contribution is -2.52. The molecule has 0 bridgehead atoms. The Morgan fingerprint density at radius 1 is 1.57 bits per heavy atom. The maximum atomic E-state index is 11.5. The topological polar surface area (TPSA) is 49.4 Å². The zero-order valence-electron chi connectivity index (χ0n) is 9.26. The summed E-state index contributed by atoms with van der Waals surface area (Å²) in [5, 5.41) is 1.40. The number of hydrazine groups is 1. The van der Waals surface area contributed by atoms with Gasteiger partial charge >= 0.3 is 0 Å². The number of carbonyl (C=O) groups excluding carboxylic acids is 2. The SMILES string of the molecule is CC(C)(C)C1(C)CC(=O)N(CC=O)N1. The molecule has 1 saturated heterocycles. The molecule has 1 rings (SSSR count). The molecule has 0 aromatic heterocycles. The fourth-order valence-corrected chi connectivity index (χ4v) is 1.45. The minimum absolute atomic E-state index is 0.00507. The summed E-state index contributed by atoms with van der Waals surface area (Å²) in [5.74, 6) is -0.00507. The van der Waals surface area contributed by atoms with Gasteiger partial charge in [0.05, 0.1) is 6.54 Å². The Kier molecular flexibility index (Phi) is 2.67. The normalized spacial score (nSPS) is 28.3. The molecule has 0 saturated carbocycles. The second-order valence-corrected chi connectivity index (χ2v) is 5.04. The minimum Gasteiger partial charge on any atom is -0.301 e. The zero-order chi connectivity index (χ0) is 11.0. The molecular formula is C10H18N2O2. The molecule has 1 N–H and O–H groups in total. The lowest BCUT2D eigenvalue weighted by atomic mass is 9.74. The van der Waals surface area contributed by atoms with Crippen LogP contribution in [0.15, 0.2) is 0 Å². The van der Waals surface area contributed by atoms with Gasteiger partial charge in [-0.1, -0.05) is 20.8 Å². The highest BCUT2D eigenvalue weighted by Crippen LogP contribution is 2.36. The first-order valence-electron chi connectivity index (χ1n) is 4.82. The molecule has 4 nitrogen and oxygen atoms in total. The third kappa shape index (κ3) is 1.80. The molecule has 0 aromatic rings. The molecular weight excluding hydrogens is 180 g/mol. The first kappa shape index (κ1) is 11.2. The molecule has 1 aliphatic rings. The van der Waals surface area contributed by atoms with Crippen LogP contribution < -0.4 is 5.43 Å². The van der Waals surface area contributed by atoms with Crippen molar-refractivity contribution in [2.24, 2.45) is 5.41 Å². The summed E-state index contributed by atoms with van der Waals surface area (Å²) in [6, 6.07) is 0. The van der Waals surface area contributed by atoms with E-state index >= 15 is 0 Å². The molecule has 1 fully saturated rings. The van der Waals surface area contributed by atoms with Gasteiger partial charge in [-0.15, -0.1) is 0 Å². The first-order valence-corrected chi connectivity index (χ1v) is 4.82. The average molecular weight is 198 g/mol. The smallest absolute Gasteiger partial charge is 0.239 e. The molecule has 0 spiro atoms. The van der Waals surface area contributed by atoms with Gasteiger partial charge in [0, 0.05) is 12.0 Å². The molecule has 1 unspecified atom stereocenters. The number of carbonyl (C=O) groups is 2. The highest BCUT2D eigenvalue weighted by atomic mass is 16.2. The Balaban J connectivity index is 2.80. The van der Waals surface area contributed by atoms with E-state index in [1.807, 2.05) is 6.92 Å². The summed E-state index contributed by atoms with van der Waals surface area (Å²) in [5.41, 5.74) is 2.84. The summed E-state index contributed by atoms with van der Waals surface area (Å²) in [6.07, 6.45) is 1.18. The third-order valence-corrected chi connectivity index (χ3v) is 3.10. The summed E-state index contributed by atoms with van der Waals surface area (Å²) in [4.78, 5) is 21.9. The fraction of sp³-hybridized carbons (Fsp3) is 0.800. The number of nitrogens with one attached hydrogen (secondary N) is 1. The number of nitrogens with zero attached hydrogens (tertiary/aromatic N) is 1. The van der Waals surface area contributed by atoms with Gasteiger partial charge in [-0.25, -0.2) is 5.43 Å². The van der Waals surface area contributed by atoms with E-state index in [4.69, 9.17) is 0 Å². The highest BCUT2D eigenvalue weighted by molar-refractivity contribution is 5.81. The predicted octanol–water partition coefficient (Wildman–Crippen LogP) is 0.727. The van der Waals surface area contributed by atoms with Crippen molar-refractivity contribution >= 4 is 12.2 Å². The van der Waals surface area contributed by atoms with Gasteiger partial charge in [0.2, 0.25) is 5.91 Å². The molecule has 4 heteroatoms. The highest BCUT2D eigenvalue weighted by Gasteiger charge is 2.46. The van der Waals surface area contributed by atoms with E-state index in [0.29, 0.717) is 6.42 Å². The standard InChI is InChI=1S/C10H18N2O2/c1-9(2,3)10(4)7-8(14)12(11-10)5-6-13/h6,11H,5,7H2,1-4H3. The van der Waals surface area contributed by atoms with Gasteiger partial charge in [0.25, 0.3) is 0 Å². The molecule has 1 atom stereocenters. The van der Waals surface area contributed by atoms with Crippen LogP contribution in [0, 0.1) is 5.41 Å². The summed E-state index contributed by atoms with van der Waals surface area (Å²) >= 11 is 0. The van der Waals surface area contributed by atoms with Crippen molar-refractivity contribution in [3.8, 4) is 0 Å². The molecule has 0 aromatic carbocycles. The van der Waals surface area contributed by atoms with Crippen LogP contribution >= 0.6 is 0 Å². The van der Waals surface area contributed by atoms with Gasteiger partial charge < -0.3 is 4.79 Å². The van der Waals surface area contributed by atoms with E-state index in [2.05, 4.69) is 26.2 Å². The second-order valence-electron chi connectivity index (χ2n) is 5.04. The van der Waals surface area contributed by atoms with Gasteiger partial charge in [-0.2, -0.15) is 0 Å². The minimum atomic E-state index is -0.257. The van der Waals surface area contributed by atoms with Crippen molar-refractivity contribution in [3.63, 3.8) is 0 Å². The Morgan fingerprint density at radius 2 is 2.14 bits per heavy atom. The van der Waals surface area contributed by atoms with Crippen LogP contribution in [0.4, 0.5) is 0 Å². The maximum Gasteiger partial charge on any atom is 0.239 e. The number of hydrogen-bond donors (Lipinski definition) is 1. The van der Waals surface area contributed by atoms with Crippen LogP contribution in [0.2, 0.25) is 0 Å². The molecule has 1 amide bonds. The number of hydrogen-bond acceptors (Lipinski definition) is 3. The van der Waals surface area contributed by atoms with Crippen LogP contribution in [-0.2, 0) is 9.59 Å². The van der Waals surface area contributed by atoms with Crippen molar-refractivity contribution in [2.75, 3.05) is 6.54 Å². The van der Waals surface area contributed by atoms with Crippen LogP contribution in [0.1, 0.15) is 34.1 Å². The maximum absolute atomic E-state index is 11.5. The number of amides is 1. The van der Waals surface area contributed by atoms with Crippen molar-refractivity contribution in [3.05, 3.63) is 0 Å². The van der Waals surface area contributed by atoms with Crippen molar-refractivity contribution in [1.29, 1.82) is 0 Å². The van der Waals surface area contributed by atoms with E-state index in [9.17, 15) is 9.59 Å². The summed E-state index contributed by atoms with van der Waals surface area (Å²) in [6.45, 7) is 8.38. The molecule has 0 radical (unpaired) electrons. The average Bonchev–Trinajstić information content (AvgIpc) is 2.27. The van der Waals surface area contributed by atoms with Gasteiger partial charge in [0.15, 0.2) is 0 Å². The van der Waals surface area contributed by atoms with Crippen molar-refractivity contribution in [1.82, 2.24) is 10.4 Å². The first-order chi connectivity index (χ1) is 6.30. The molecule has 1 heterocycles. The van der Waals surface area contributed by atoms with Crippen molar-refractivity contribution < 1.29 is 9.59 Å². The molecule has 1 aliphatic heterocycles. The molecule has 0 aliphatic carbocycles. The Bertz CT molecular complexity index is 257. The third-order valence-electron chi connectivity index (χ3n) is 3.10. The van der Waals surface area contributed by atoms with Crippen LogP contribution in [0.25, 0.3) is 0 Å². The monoisotopic (exact) mass is 198 g/mol. The van der Waals surface area contributed by atoms with E-state index < -0.39 is 0 Å². The number of aldehydes is 1. The molecule has 80 valence electrons. The Hall–Kier alpha value is -0.900. The number of rotatable bonds is 2. The largest absolute Gasteiger partial charge is 0.301 e. The lowest BCUT2D eigenvalue weighted by Gasteiger charge is -2.38. The predicted molar refractivity (Wildman–Crippen MR) is 53.4 cm³/mol. The lowest BCUT2D eigenvalue weighted by molar-refractivity contribution is -0.131. The van der Waals surface area contributed by atoms with E-state index in [1.54, 1.807) is 0 Å².